The van der Waals surface area contributed by atoms with Gasteiger partial charge in [0, 0.05) is 24.3 Å². The lowest BCUT2D eigenvalue weighted by atomic mass is 10.2. The van der Waals surface area contributed by atoms with Crippen molar-refractivity contribution in [3.8, 4) is 5.75 Å². The van der Waals surface area contributed by atoms with E-state index in [2.05, 4.69) is 10.3 Å². The molecule has 1 aromatic carbocycles. The summed E-state index contributed by atoms with van der Waals surface area (Å²) >= 11 is 8.06. The first-order chi connectivity index (χ1) is 12.6. The normalized spacial score (nSPS) is 18.4. The summed E-state index contributed by atoms with van der Waals surface area (Å²) < 4.78 is 5.76. The molecule has 0 atom stereocenters. The highest BCUT2D eigenvalue weighted by Crippen LogP contribution is 2.34. The number of hydrogen-bond donors (Lipinski definition) is 1. The van der Waals surface area contributed by atoms with Gasteiger partial charge in [0.1, 0.15) is 10.1 Å². The fourth-order valence-electron chi connectivity index (χ4n) is 2.43. The van der Waals surface area contributed by atoms with E-state index in [1.165, 1.54) is 28.4 Å². The van der Waals surface area contributed by atoms with Crippen molar-refractivity contribution in [1.82, 2.24) is 10.2 Å². The van der Waals surface area contributed by atoms with Gasteiger partial charge in [0.15, 0.2) is 5.17 Å². The van der Waals surface area contributed by atoms with Crippen LogP contribution in [0.15, 0.2) is 34.2 Å². The van der Waals surface area contributed by atoms with Gasteiger partial charge < -0.3 is 10.1 Å². The van der Waals surface area contributed by atoms with Gasteiger partial charge in [-0.25, -0.2) is 0 Å². The zero-order valence-electron chi connectivity index (χ0n) is 14.1. The lowest BCUT2D eigenvalue weighted by molar-refractivity contribution is -0.123. The molecule has 1 N–H and O–H groups in total. The van der Waals surface area contributed by atoms with Gasteiger partial charge in [-0.1, -0.05) is 53.9 Å². The molecule has 0 saturated carbocycles. The number of amides is 2. The van der Waals surface area contributed by atoms with Gasteiger partial charge >= 0.3 is 0 Å². The monoisotopic (exact) mass is 407 g/mol. The Balaban J connectivity index is 1.63. The zero-order chi connectivity index (χ0) is 18.5. The van der Waals surface area contributed by atoms with Crippen LogP contribution in [0.1, 0.15) is 12.0 Å². The number of ether oxygens (including phenoxy) is 1. The van der Waals surface area contributed by atoms with Crippen molar-refractivity contribution in [1.29, 1.82) is 0 Å². The molecule has 2 amide bonds. The number of aliphatic imine (C=N–C) groups is 1. The first kappa shape index (κ1) is 18.9. The van der Waals surface area contributed by atoms with Crippen molar-refractivity contribution in [2.75, 3.05) is 26.0 Å². The van der Waals surface area contributed by atoms with Crippen LogP contribution in [0.3, 0.4) is 0 Å². The van der Waals surface area contributed by atoms with Crippen LogP contribution in [0.4, 0.5) is 0 Å². The number of carbonyl (C=O) groups excluding carboxylic acids is 2. The standard InChI is InChI=1S/C17H17N3O3S3/c1-23-12-5-3-2-4-11(12)10-13-15(22)20(17(24)26-13)8-6-14(21)19-16-18-7-9-25-16/h2-5,10H,6-9H2,1H3,(H,18,19,21)/b13-10+. The Morgan fingerprint density at radius 1 is 1.46 bits per heavy atom. The summed E-state index contributed by atoms with van der Waals surface area (Å²) in [7, 11) is 1.59. The van der Waals surface area contributed by atoms with E-state index in [-0.39, 0.29) is 24.8 Å². The number of nitrogens with zero attached hydrogens (tertiary/aromatic N) is 2. The summed E-state index contributed by atoms with van der Waals surface area (Å²) in [4.78, 5) is 30.8. The Labute approximate surface area is 165 Å². The van der Waals surface area contributed by atoms with Crippen molar-refractivity contribution in [2.24, 2.45) is 4.99 Å². The number of amidine groups is 1. The van der Waals surface area contributed by atoms with Gasteiger partial charge in [-0.2, -0.15) is 0 Å². The molecule has 1 aromatic rings. The van der Waals surface area contributed by atoms with Crippen LogP contribution in [0.25, 0.3) is 6.08 Å². The van der Waals surface area contributed by atoms with E-state index in [9.17, 15) is 9.59 Å². The van der Waals surface area contributed by atoms with E-state index < -0.39 is 0 Å². The third kappa shape index (κ3) is 4.46. The first-order valence-electron chi connectivity index (χ1n) is 7.94. The van der Waals surface area contributed by atoms with Gasteiger partial charge in [-0.15, -0.1) is 0 Å². The predicted molar refractivity (Wildman–Crippen MR) is 110 cm³/mol. The number of rotatable bonds is 5. The minimum absolute atomic E-state index is 0.166. The second-order valence-corrected chi connectivity index (χ2v) is 8.17. The Kier molecular flexibility index (Phi) is 6.33. The number of thiocarbonyl (C=S) groups is 1. The maximum absolute atomic E-state index is 12.6. The minimum Gasteiger partial charge on any atom is -0.496 e. The molecule has 1 fully saturated rings. The van der Waals surface area contributed by atoms with Crippen LogP contribution in [-0.2, 0) is 9.59 Å². The van der Waals surface area contributed by atoms with Gasteiger partial charge in [-0.05, 0) is 12.1 Å². The van der Waals surface area contributed by atoms with Crippen molar-refractivity contribution >= 4 is 63.1 Å². The first-order valence-corrected chi connectivity index (χ1v) is 10.1. The lowest BCUT2D eigenvalue weighted by Gasteiger charge is -2.14. The van der Waals surface area contributed by atoms with E-state index >= 15 is 0 Å². The summed E-state index contributed by atoms with van der Waals surface area (Å²) in [6.45, 7) is 0.973. The van der Waals surface area contributed by atoms with E-state index in [0.717, 1.165) is 17.9 Å². The van der Waals surface area contributed by atoms with Crippen molar-refractivity contribution in [2.45, 2.75) is 6.42 Å². The smallest absolute Gasteiger partial charge is 0.266 e. The molecule has 0 bridgehead atoms. The molecule has 2 aliphatic heterocycles. The van der Waals surface area contributed by atoms with Gasteiger partial charge in [0.25, 0.3) is 5.91 Å². The summed E-state index contributed by atoms with van der Waals surface area (Å²) in [5, 5.41) is 3.40. The summed E-state index contributed by atoms with van der Waals surface area (Å²) in [5.41, 5.74) is 0.810. The largest absolute Gasteiger partial charge is 0.496 e. The molecule has 6 nitrogen and oxygen atoms in total. The number of methoxy groups -OCH3 is 1. The third-order valence-corrected chi connectivity index (χ3v) is 5.96. The SMILES string of the molecule is COc1ccccc1/C=C1/SC(=S)N(CCC(=O)NC2=NCCS2)C1=O. The average Bonchev–Trinajstić information content (AvgIpc) is 3.22. The number of thioether (sulfide) groups is 2. The van der Waals surface area contributed by atoms with E-state index in [1.54, 1.807) is 13.2 Å². The molecule has 2 heterocycles. The van der Waals surface area contributed by atoms with Crippen LogP contribution in [0.2, 0.25) is 0 Å². The van der Waals surface area contributed by atoms with Crippen molar-refractivity contribution in [3.05, 3.63) is 34.7 Å². The number of para-hydroxylation sites is 1. The average molecular weight is 408 g/mol. The molecule has 0 aliphatic carbocycles. The molecular weight excluding hydrogens is 390 g/mol. The second kappa shape index (κ2) is 8.70. The van der Waals surface area contributed by atoms with Gasteiger partial charge in [-0.3, -0.25) is 19.5 Å². The van der Waals surface area contributed by atoms with Crippen LogP contribution in [0.5, 0.6) is 5.75 Å². The van der Waals surface area contributed by atoms with Crippen LogP contribution >= 0.6 is 35.7 Å². The highest BCUT2D eigenvalue weighted by atomic mass is 32.2. The number of hydrogen-bond acceptors (Lipinski definition) is 7. The maximum atomic E-state index is 12.6. The summed E-state index contributed by atoms with van der Waals surface area (Å²) in [5.74, 6) is 1.22. The number of benzene rings is 1. The molecule has 0 radical (unpaired) electrons. The van der Waals surface area contributed by atoms with Crippen LogP contribution in [0, 0.1) is 0 Å². The molecule has 26 heavy (non-hydrogen) atoms. The third-order valence-electron chi connectivity index (χ3n) is 3.69. The fraction of sp³-hybridized carbons (Fsp3) is 0.294. The van der Waals surface area contributed by atoms with Crippen LogP contribution in [-0.4, -0.2) is 52.2 Å². The van der Waals surface area contributed by atoms with E-state index in [0.29, 0.717) is 20.1 Å². The second-order valence-electron chi connectivity index (χ2n) is 5.41. The Morgan fingerprint density at radius 3 is 3.00 bits per heavy atom. The molecule has 0 unspecified atom stereocenters. The Bertz CT molecular complexity index is 807. The molecule has 136 valence electrons. The fourth-order valence-corrected chi connectivity index (χ4v) is 4.47. The molecule has 2 aliphatic rings. The van der Waals surface area contributed by atoms with Crippen LogP contribution < -0.4 is 10.1 Å². The molecule has 0 spiro atoms. The quantitative estimate of drug-likeness (QED) is 0.597. The highest BCUT2D eigenvalue weighted by Gasteiger charge is 2.32. The summed E-state index contributed by atoms with van der Waals surface area (Å²) in [6.07, 6.45) is 1.94. The predicted octanol–water partition coefficient (Wildman–Crippen LogP) is 2.51. The molecular formula is C17H17N3O3S3. The molecule has 0 aromatic heterocycles. The van der Waals surface area contributed by atoms with Crippen molar-refractivity contribution < 1.29 is 14.3 Å². The lowest BCUT2D eigenvalue weighted by Crippen LogP contribution is -2.34. The number of nitrogens with one attached hydrogen (secondary N) is 1. The van der Waals surface area contributed by atoms with Crippen molar-refractivity contribution in [3.63, 3.8) is 0 Å². The minimum atomic E-state index is -0.189. The van der Waals surface area contributed by atoms with Gasteiger partial charge in [0.05, 0.1) is 18.6 Å². The van der Waals surface area contributed by atoms with E-state index in [1.807, 2.05) is 24.3 Å². The molecule has 1 saturated heterocycles. The Hall–Kier alpha value is -1.84. The highest BCUT2D eigenvalue weighted by molar-refractivity contribution is 8.26. The maximum Gasteiger partial charge on any atom is 0.266 e. The topological polar surface area (TPSA) is 71.0 Å². The zero-order valence-corrected chi connectivity index (χ0v) is 16.5. The number of carbonyl (C=O) groups is 2. The molecule has 9 heteroatoms. The molecule has 3 rings (SSSR count). The van der Waals surface area contributed by atoms with Gasteiger partial charge in [0.2, 0.25) is 5.91 Å². The van der Waals surface area contributed by atoms with E-state index in [4.69, 9.17) is 17.0 Å². The Morgan fingerprint density at radius 2 is 2.27 bits per heavy atom. The summed E-state index contributed by atoms with van der Waals surface area (Å²) in [6, 6.07) is 7.45.